The maximum absolute atomic E-state index is 12.5. The van der Waals surface area contributed by atoms with Crippen molar-refractivity contribution in [3.8, 4) is 11.5 Å². The summed E-state index contributed by atoms with van der Waals surface area (Å²) in [6, 6.07) is 11.0. The van der Waals surface area contributed by atoms with Crippen molar-refractivity contribution >= 4 is 38.0 Å². The number of aryl methyl sites for hydroxylation is 1. The second-order valence-corrected chi connectivity index (χ2v) is 9.14. The maximum atomic E-state index is 12.5. The monoisotopic (exact) mass is 474 g/mol. The van der Waals surface area contributed by atoms with E-state index in [9.17, 15) is 13.2 Å². The minimum atomic E-state index is -3.77. The van der Waals surface area contributed by atoms with Crippen LogP contribution >= 0.6 is 11.3 Å². The van der Waals surface area contributed by atoms with Crippen LogP contribution in [-0.4, -0.2) is 38.6 Å². The Morgan fingerprint density at radius 3 is 2.41 bits per heavy atom. The van der Waals surface area contributed by atoms with E-state index in [2.05, 4.69) is 20.2 Å². The molecule has 0 bridgehead atoms. The molecular weight excluding hydrogens is 452 g/mol. The average Bonchev–Trinajstić information content (AvgIpc) is 3.25. The third kappa shape index (κ3) is 5.62. The lowest BCUT2D eigenvalue weighted by molar-refractivity contribution is 0.104. The second kappa shape index (κ2) is 10.2. The predicted molar refractivity (Wildman–Crippen MR) is 123 cm³/mol. The molecular formula is C21H22N4O5S2. The number of carbonyl (C=O) groups excluding carboxylic acids is 1. The van der Waals surface area contributed by atoms with Gasteiger partial charge >= 0.3 is 0 Å². The summed E-state index contributed by atoms with van der Waals surface area (Å²) in [5, 5.41) is 11.6. The molecule has 0 atom stereocenters. The Morgan fingerprint density at radius 2 is 1.78 bits per heavy atom. The average molecular weight is 475 g/mol. The van der Waals surface area contributed by atoms with Crippen LogP contribution in [0.3, 0.4) is 0 Å². The number of sulfonamides is 1. The van der Waals surface area contributed by atoms with E-state index in [0.29, 0.717) is 29.2 Å². The first kappa shape index (κ1) is 23.2. The van der Waals surface area contributed by atoms with Crippen LogP contribution in [-0.2, 0) is 16.4 Å². The molecule has 0 radical (unpaired) electrons. The smallest absolute Gasteiger partial charge is 0.263 e. The topological polar surface area (TPSA) is 120 Å². The third-order valence-corrected chi connectivity index (χ3v) is 6.78. The fourth-order valence-electron chi connectivity index (χ4n) is 2.64. The van der Waals surface area contributed by atoms with Gasteiger partial charge in [0.2, 0.25) is 5.13 Å². The van der Waals surface area contributed by atoms with Gasteiger partial charge in [-0.25, -0.2) is 8.42 Å². The molecule has 0 saturated carbocycles. The zero-order chi connectivity index (χ0) is 23.1. The van der Waals surface area contributed by atoms with E-state index in [1.165, 1.54) is 50.0 Å². The van der Waals surface area contributed by atoms with Crippen molar-refractivity contribution in [2.75, 3.05) is 24.3 Å². The molecule has 0 aliphatic rings. The van der Waals surface area contributed by atoms with Crippen LogP contribution in [0.5, 0.6) is 11.5 Å². The number of hydrogen-bond donors (Lipinski definition) is 2. The van der Waals surface area contributed by atoms with Gasteiger partial charge in [-0.05, 0) is 48.9 Å². The lowest BCUT2D eigenvalue weighted by Gasteiger charge is -2.08. The first-order valence-electron chi connectivity index (χ1n) is 9.51. The summed E-state index contributed by atoms with van der Waals surface area (Å²) in [7, 11) is -0.750. The van der Waals surface area contributed by atoms with Gasteiger partial charge in [-0.1, -0.05) is 18.3 Å². The van der Waals surface area contributed by atoms with Crippen LogP contribution < -0.4 is 19.5 Å². The number of carbonyl (C=O) groups is 1. The molecule has 3 aromatic rings. The minimum Gasteiger partial charge on any atom is -0.493 e. The molecule has 1 aromatic heterocycles. The molecule has 0 fully saturated rings. The SMILES string of the molecule is CCc1nnc(NS(=O)(=O)c2ccc(NC=CC(=O)c3ccc(OC)c(OC)c3)cc2)s1. The molecule has 0 spiro atoms. The van der Waals surface area contributed by atoms with E-state index in [4.69, 9.17) is 9.47 Å². The Bertz CT molecular complexity index is 1220. The Labute approximate surface area is 190 Å². The summed E-state index contributed by atoms with van der Waals surface area (Å²) in [5.74, 6) is 0.766. The summed E-state index contributed by atoms with van der Waals surface area (Å²) in [5.41, 5.74) is 1.06. The standard InChI is InChI=1S/C21H22N4O5S2/c1-4-20-23-24-21(31-20)25-32(27,28)16-8-6-15(7-9-16)22-12-11-17(26)14-5-10-18(29-2)19(13-14)30-3/h5-13,22H,4H2,1-3H3,(H,24,25). The van der Waals surface area contributed by atoms with Gasteiger partial charge in [0.25, 0.3) is 10.0 Å². The van der Waals surface area contributed by atoms with Crippen LogP contribution in [0.15, 0.2) is 59.6 Å². The number of aromatic nitrogens is 2. The van der Waals surface area contributed by atoms with E-state index < -0.39 is 10.0 Å². The highest BCUT2D eigenvalue weighted by Crippen LogP contribution is 2.28. The van der Waals surface area contributed by atoms with E-state index in [1.54, 1.807) is 30.3 Å². The van der Waals surface area contributed by atoms with Gasteiger partial charge in [-0.3, -0.25) is 9.52 Å². The molecule has 2 aromatic carbocycles. The van der Waals surface area contributed by atoms with Crippen molar-refractivity contribution in [3.05, 3.63) is 65.3 Å². The second-order valence-electron chi connectivity index (χ2n) is 6.40. The van der Waals surface area contributed by atoms with Gasteiger partial charge in [-0.2, -0.15) is 0 Å². The minimum absolute atomic E-state index is 0.0849. The van der Waals surface area contributed by atoms with Crippen molar-refractivity contribution in [1.29, 1.82) is 0 Å². The molecule has 168 valence electrons. The fraction of sp³-hybridized carbons (Fsp3) is 0.190. The number of ketones is 1. The van der Waals surface area contributed by atoms with Gasteiger partial charge in [0.1, 0.15) is 5.01 Å². The largest absolute Gasteiger partial charge is 0.493 e. The van der Waals surface area contributed by atoms with Crippen molar-refractivity contribution < 1.29 is 22.7 Å². The number of methoxy groups -OCH3 is 2. The number of ether oxygens (including phenoxy) is 2. The van der Waals surface area contributed by atoms with Gasteiger partial charge in [0.15, 0.2) is 17.3 Å². The van der Waals surface area contributed by atoms with Crippen molar-refractivity contribution in [2.24, 2.45) is 0 Å². The number of rotatable bonds is 10. The summed E-state index contributed by atoms with van der Waals surface area (Å²) in [4.78, 5) is 12.4. The van der Waals surface area contributed by atoms with E-state index in [1.807, 2.05) is 6.92 Å². The molecule has 3 rings (SSSR count). The number of anilines is 2. The molecule has 9 nitrogen and oxygen atoms in total. The molecule has 1 heterocycles. The highest BCUT2D eigenvalue weighted by Gasteiger charge is 2.16. The van der Waals surface area contributed by atoms with Crippen LogP contribution in [0, 0.1) is 0 Å². The first-order chi connectivity index (χ1) is 15.4. The number of nitrogens with zero attached hydrogens (tertiary/aromatic N) is 2. The van der Waals surface area contributed by atoms with E-state index >= 15 is 0 Å². The third-order valence-electron chi connectivity index (χ3n) is 4.31. The predicted octanol–water partition coefficient (Wildman–Crippen LogP) is 3.73. The molecule has 0 unspecified atom stereocenters. The van der Waals surface area contributed by atoms with Gasteiger partial charge < -0.3 is 14.8 Å². The van der Waals surface area contributed by atoms with Crippen LogP contribution in [0.25, 0.3) is 0 Å². The molecule has 0 aliphatic heterocycles. The molecule has 0 aliphatic carbocycles. The van der Waals surface area contributed by atoms with Crippen molar-refractivity contribution in [3.63, 3.8) is 0 Å². The summed E-state index contributed by atoms with van der Waals surface area (Å²) < 4.78 is 37.8. The number of benzene rings is 2. The lowest BCUT2D eigenvalue weighted by Crippen LogP contribution is -2.12. The van der Waals surface area contributed by atoms with Gasteiger partial charge in [0.05, 0.1) is 19.1 Å². The van der Waals surface area contributed by atoms with Crippen molar-refractivity contribution in [1.82, 2.24) is 10.2 Å². The fourth-order valence-corrected chi connectivity index (χ4v) is 4.55. The Hall–Kier alpha value is -3.44. The lowest BCUT2D eigenvalue weighted by atomic mass is 10.1. The molecule has 11 heteroatoms. The maximum Gasteiger partial charge on any atom is 0.263 e. The van der Waals surface area contributed by atoms with Crippen LogP contribution in [0.4, 0.5) is 10.8 Å². The Morgan fingerprint density at radius 1 is 1.06 bits per heavy atom. The number of hydrogen-bond acceptors (Lipinski definition) is 9. The van der Waals surface area contributed by atoms with Gasteiger partial charge in [0, 0.05) is 23.5 Å². The molecule has 2 N–H and O–H groups in total. The summed E-state index contributed by atoms with van der Waals surface area (Å²) >= 11 is 1.19. The zero-order valence-corrected chi connectivity index (χ0v) is 19.3. The van der Waals surface area contributed by atoms with Crippen molar-refractivity contribution in [2.45, 2.75) is 18.2 Å². The highest BCUT2D eigenvalue weighted by atomic mass is 32.2. The Balaban J connectivity index is 1.63. The van der Waals surface area contributed by atoms with Crippen LogP contribution in [0.2, 0.25) is 0 Å². The quantitative estimate of drug-likeness (QED) is 0.337. The first-order valence-corrected chi connectivity index (χ1v) is 11.8. The zero-order valence-electron chi connectivity index (χ0n) is 17.7. The number of nitrogens with one attached hydrogen (secondary N) is 2. The molecule has 0 saturated heterocycles. The Kier molecular flexibility index (Phi) is 7.44. The summed E-state index contributed by atoms with van der Waals surface area (Å²) in [6.45, 7) is 1.92. The molecule has 32 heavy (non-hydrogen) atoms. The van der Waals surface area contributed by atoms with Crippen LogP contribution in [0.1, 0.15) is 22.3 Å². The summed E-state index contributed by atoms with van der Waals surface area (Å²) in [6.07, 6.45) is 3.53. The number of allylic oxidation sites excluding steroid dienone is 1. The van der Waals surface area contributed by atoms with E-state index in [0.717, 1.165) is 5.01 Å². The molecule has 0 amide bonds. The van der Waals surface area contributed by atoms with Gasteiger partial charge in [-0.15, -0.1) is 10.2 Å². The highest BCUT2D eigenvalue weighted by molar-refractivity contribution is 7.93. The van der Waals surface area contributed by atoms with E-state index in [-0.39, 0.29) is 15.8 Å². The normalized spacial score (nSPS) is 11.3.